The van der Waals surface area contributed by atoms with Crippen LogP contribution in [0.4, 0.5) is 10.1 Å². The number of rotatable bonds is 2. The van der Waals surface area contributed by atoms with Crippen LogP contribution >= 0.6 is 0 Å². The summed E-state index contributed by atoms with van der Waals surface area (Å²) in [4.78, 5) is 0. The summed E-state index contributed by atoms with van der Waals surface area (Å²) < 4.78 is 35.4. The van der Waals surface area contributed by atoms with E-state index in [0.717, 1.165) is 6.26 Å². The molecule has 0 spiro atoms. The maximum Gasteiger partial charge on any atom is 0.151 e. The molecule has 0 aliphatic heterocycles. The van der Waals surface area contributed by atoms with Crippen molar-refractivity contribution in [3.05, 3.63) is 29.1 Å². The third-order valence-electron chi connectivity index (χ3n) is 1.78. The molecular weight excluding hydrogens is 219 g/mol. The van der Waals surface area contributed by atoms with Crippen LogP contribution in [0.3, 0.4) is 0 Å². The van der Waals surface area contributed by atoms with Gasteiger partial charge in [-0.3, -0.25) is 0 Å². The molecule has 0 atom stereocenters. The van der Waals surface area contributed by atoms with E-state index in [2.05, 4.69) is 0 Å². The molecule has 0 amide bonds. The topological polar surface area (TPSA) is 83.9 Å². The Kier molecular flexibility index (Phi) is 2.95. The average molecular weight is 228 g/mol. The molecule has 0 fully saturated rings. The van der Waals surface area contributed by atoms with E-state index in [-0.39, 0.29) is 16.8 Å². The van der Waals surface area contributed by atoms with Gasteiger partial charge in [-0.05, 0) is 6.07 Å². The Morgan fingerprint density at radius 3 is 2.60 bits per heavy atom. The third-order valence-corrected chi connectivity index (χ3v) is 2.62. The zero-order valence-corrected chi connectivity index (χ0v) is 8.81. The van der Waals surface area contributed by atoms with E-state index in [4.69, 9.17) is 11.0 Å². The molecule has 0 unspecified atom stereocenters. The Hall–Kier alpha value is -1.61. The maximum absolute atomic E-state index is 13.5. The number of nitrogens with zero attached hydrogens (tertiary/aromatic N) is 1. The molecule has 0 heterocycles. The summed E-state index contributed by atoms with van der Waals surface area (Å²) in [6, 6.07) is 4.19. The maximum atomic E-state index is 13.5. The van der Waals surface area contributed by atoms with Crippen molar-refractivity contribution in [1.29, 1.82) is 5.26 Å². The highest BCUT2D eigenvalue weighted by atomic mass is 32.2. The van der Waals surface area contributed by atoms with Gasteiger partial charge < -0.3 is 5.73 Å². The predicted molar refractivity (Wildman–Crippen MR) is 54.1 cm³/mol. The number of hydrogen-bond donors (Lipinski definition) is 1. The summed E-state index contributed by atoms with van der Waals surface area (Å²) in [5, 5.41) is 8.60. The molecule has 1 rings (SSSR count). The standard InChI is InChI=1S/C9H9FN2O2S/c1-15(13,14)5-6-2-3-8(12)7(4-11)9(6)10/h2-3H,5,12H2,1H3. The molecule has 4 nitrogen and oxygen atoms in total. The van der Waals surface area contributed by atoms with Gasteiger partial charge in [0.15, 0.2) is 9.84 Å². The van der Waals surface area contributed by atoms with Crippen molar-refractivity contribution < 1.29 is 12.8 Å². The fourth-order valence-corrected chi connectivity index (χ4v) is 1.93. The quantitative estimate of drug-likeness (QED) is 0.759. The summed E-state index contributed by atoms with van der Waals surface area (Å²) in [7, 11) is -3.33. The van der Waals surface area contributed by atoms with Crippen LogP contribution < -0.4 is 5.73 Å². The van der Waals surface area contributed by atoms with Crippen molar-refractivity contribution in [2.24, 2.45) is 0 Å². The monoisotopic (exact) mass is 228 g/mol. The minimum atomic E-state index is -3.33. The van der Waals surface area contributed by atoms with E-state index in [9.17, 15) is 12.8 Å². The van der Waals surface area contributed by atoms with Gasteiger partial charge in [-0.25, -0.2) is 12.8 Å². The van der Waals surface area contributed by atoms with Crippen LogP contribution in [-0.2, 0) is 15.6 Å². The molecule has 0 saturated carbocycles. The van der Waals surface area contributed by atoms with E-state index in [0.29, 0.717) is 0 Å². The van der Waals surface area contributed by atoms with E-state index < -0.39 is 21.4 Å². The molecule has 0 radical (unpaired) electrons. The Labute approximate surface area is 87.0 Å². The van der Waals surface area contributed by atoms with Gasteiger partial charge in [-0.1, -0.05) is 6.07 Å². The highest BCUT2D eigenvalue weighted by Crippen LogP contribution is 2.20. The first-order valence-corrected chi connectivity index (χ1v) is 6.06. The second-order valence-electron chi connectivity index (χ2n) is 3.18. The minimum absolute atomic E-state index is 0.00671. The largest absolute Gasteiger partial charge is 0.398 e. The summed E-state index contributed by atoms with van der Waals surface area (Å²) in [6.45, 7) is 0. The van der Waals surface area contributed by atoms with Crippen LogP contribution in [0.25, 0.3) is 0 Å². The molecule has 0 aromatic heterocycles. The number of sulfone groups is 1. The van der Waals surface area contributed by atoms with Crippen molar-refractivity contribution in [1.82, 2.24) is 0 Å². The lowest BCUT2D eigenvalue weighted by Gasteiger charge is -2.05. The molecule has 80 valence electrons. The van der Waals surface area contributed by atoms with E-state index in [1.807, 2.05) is 0 Å². The van der Waals surface area contributed by atoms with Gasteiger partial charge in [0.2, 0.25) is 0 Å². The molecule has 0 bridgehead atoms. The van der Waals surface area contributed by atoms with Crippen molar-refractivity contribution in [2.75, 3.05) is 12.0 Å². The summed E-state index contributed by atoms with van der Waals surface area (Å²) in [6.07, 6.45) is 0.995. The number of nitrogen functional groups attached to an aromatic ring is 1. The lowest BCUT2D eigenvalue weighted by Crippen LogP contribution is -2.05. The van der Waals surface area contributed by atoms with Crippen LogP contribution in [0.15, 0.2) is 12.1 Å². The third kappa shape index (κ3) is 2.67. The Balaban J connectivity index is 3.30. The molecule has 15 heavy (non-hydrogen) atoms. The number of anilines is 1. The van der Waals surface area contributed by atoms with E-state index in [1.54, 1.807) is 6.07 Å². The van der Waals surface area contributed by atoms with Gasteiger partial charge in [0.05, 0.1) is 11.4 Å². The van der Waals surface area contributed by atoms with Crippen LogP contribution in [0.1, 0.15) is 11.1 Å². The number of nitrogens with two attached hydrogens (primary N) is 1. The molecular formula is C9H9FN2O2S. The van der Waals surface area contributed by atoms with Crippen molar-refractivity contribution >= 4 is 15.5 Å². The summed E-state index contributed by atoms with van der Waals surface area (Å²) >= 11 is 0. The molecule has 1 aromatic carbocycles. The SMILES string of the molecule is CS(=O)(=O)Cc1ccc(N)c(C#N)c1F. The van der Waals surface area contributed by atoms with Gasteiger partial charge in [-0.15, -0.1) is 0 Å². The number of halogens is 1. The zero-order chi connectivity index (χ0) is 11.6. The highest BCUT2D eigenvalue weighted by Gasteiger charge is 2.14. The van der Waals surface area contributed by atoms with Gasteiger partial charge in [0.1, 0.15) is 17.4 Å². The highest BCUT2D eigenvalue weighted by molar-refractivity contribution is 7.89. The van der Waals surface area contributed by atoms with Gasteiger partial charge in [0.25, 0.3) is 0 Å². The predicted octanol–water partition coefficient (Wildman–Crippen LogP) is 0.824. The Morgan fingerprint density at radius 1 is 1.53 bits per heavy atom. The zero-order valence-electron chi connectivity index (χ0n) is 7.99. The normalized spacial score (nSPS) is 11.0. The molecule has 0 aliphatic rings. The van der Waals surface area contributed by atoms with Crippen LogP contribution in [-0.4, -0.2) is 14.7 Å². The van der Waals surface area contributed by atoms with Crippen molar-refractivity contribution in [3.63, 3.8) is 0 Å². The molecule has 0 aliphatic carbocycles. The first-order valence-electron chi connectivity index (χ1n) is 4.00. The second-order valence-corrected chi connectivity index (χ2v) is 5.32. The van der Waals surface area contributed by atoms with E-state index >= 15 is 0 Å². The number of benzene rings is 1. The minimum Gasteiger partial charge on any atom is -0.398 e. The lowest BCUT2D eigenvalue weighted by molar-refractivity contribution is 0.591. The summed E-state index contributed by atoms with van der Waals surface area (Å²) in [5.41, 5.74) is 5.01. The van der Waals surface area contributed by atoms with Gasteiger partial charge >= 0.3 is 0 Å². The first-order chi connectivity index (χ1) is 6.85. The van der Waals surface area contributed by atoms with Crippen LogP contribution in [0, 0.1) is 17.1 Å². The molecule has 0 saturated heterocycles. The molecule has 2 N–H and O–H groups in total. The first kappa shape index (κ1) is 11.5. The lowest BCUT2D eigenvalue weighted by atomic mass is 10.1. The Morgan fingerprint density at radius 2 is 2.13 bits per heavy atom. The summed E-state index contributed by atoms with van der Waals surface area (Å²) in [5.74, 6) is -1.30. The fraction of sp³-hybridized carbons (Fsp3) is 0.222. The number of nitriles is 1. The van der Waals surface area contributed by atoms with Gasteiger partial charge in [0, 0.05) is 11.8 Å². The van der Waals surface area contributed by atoms with E-state index in [1.165, 1.54) is 12.1 Å². The molecule has 1 aromatic rings. The number of hydrogen-bond acceptors (Lipinski definition) is 4. The Bertz CT molecular complexity index is 532. The van der Waals surface area contributed by atoms with Crippen molar-refractivity contribution in [2.45, 2.75) is 5.75 Å². The van der Waals surface area contributed by atoms with Crippen LogP contribution in [0.5, 0.6) is 0 Å². The van der Waals surface area contributed by atoms with Crippen molar-refractivity contribution in [3.8, 4) is 6.07 Å². The average Bonchev–Trinajstić information content (AvgIpc) is 2.09. The fourth-order valence-electron chi connectivity index (χ4n) is 1.14. The second kappa shape index (κ2) is 3.87. The smallest absolute Gasteiger partial charge is 0.151 e. The molecule has 6 heteroatoms. The van der Waals surface area contributed by atoms with Crippen LogP contribution in [0.2, 0.25) is 0 Å². The van der Waals surface area contributed by atoms with Gasteiger partial charge in [-0.2, -0.15) is 5.26 Å².